The van der Waals surface area contributed by atoms with E-state index < -0.39 is 11.9 Å². The van der Waals surface area contributed by atoms with E-state index in [1.807, 2.05) is 20.0 Å². The van der Waals surface area contributed by atoms with E-state index in [0.717, 1.165) is 52.7 Å². The number of fused-ring (bicyclic) bond motifs is 3. The number of carboxylic acids is 1. The van der Waals surface area contributed by atoms with Crippen molar-refractivity contribution in [3.63, 3.8) is 0 Å². The SMILES string of the molecule is COc1cc(C)cc2c3c(n(C)c12)CCCC3C(=O)O. The van der Waals surface area contributed by atoms with Crippen LogP contribution in [0.3, 0.4) is 0 Å². The maximum absolute atomic E-state index is 11.6. The van der Waals surface area contributed by atoms with Crippen LogP contribution >= 0.6 is 0 Å². The largest absolute Gasteiger partial charge is 0.495 e. The minimum absolute atomic E-state index is 0.394. The summed E-state index contributed by atoms with van der Waals surface area (Å²) in [6.07, 6.45) is 2.58. The summed E-state index contributed by atoms with van der Waals surface area (Å²) >= 11 is 0. The Bertz CT molecular complexity index is 700. The van der Waals surface area contributed by atoms with Gasteiger partial charge in [-0.15, -0.1) is 0 Å². The molecule has 1 aliphatic carbocycles. The maximum atomic E-state index is 11.6. The molecule has 4 nitrogen and oxygen atoms in total. The molecule has 0 fully saturated rings. The number of aliphatic carboxylic acids is 1. The summed E-state index contributed by atoms with van der Waals surface area (Å²) in [5, 5.41) is 10.5. The Hall–Kier alpha value is -1.97. The molecule has 106 valence electrons. The average molecular weight is 273 g/mol. The van der Waals surface area contributed by atoms with Gasteiger partial charge in [0.15, 0.2) is 0 Å². The van der Waals surface area contributed by atoms with Gasteiger partial charge in [0.1, 0.15) is 5.75 Å². The highest BCUT2D eigenvalue weighted by molar-refractivity contribution is 5.95. The van der Waals surface area contributed by atoms with E-state index in [0.29, 0.717) is 0 Å². The summed E-state index contributed by atoms with van der Waals surface area (Å²) in [4.78, 5) is 11.6. The van der Waals surface area contributed by atoms with Gasteiger partial charge in [0, 0.05) is 18.1 Å². The maximum Gasteiger partial charge on any atom is 0.311 e. The fourth-order valence-corrected chi connectivity index (χ4v) is 3.48. The molecule has 1 heterocycles. The number of carbonyl (C=O) groups is 1. The third kappa shape index (κ3) is 1.71. The minimum atomic E-state index is -0.723. The number of hydrogen-bond donors (Lipinski definition) is 1. The van der Waals surface area contributed by atoms with E-state index in [9.17, 15) is 9.90 Å². The topological polar surface area (TPSA) is 51.5 Å². The van der Waals surface area contributed by atoms with Crippen molar-refractivity contribution in [1.82, 2.24) is 4.57 Å². The number of benzene rings is 1. The first-order valence-electron chi connectivity index (χ1n) is 6.93. The molecule has 1 aromatic carbocycles. The second kappa shape index (κ2) is 4.54. The van der Waals surface area contributed by atoms with Crippen LogP contribution in [0.4, 0.5) is 0 Å². The number of ether oxygens (including phenoxy) is 1. The van der Waals surface area contributed by atoms with Crippen LogP contribution in [0.25, 0.3) is 10.9 Å². The zero-order valence-electron chi connectivity index (χ0n) is 12.1. The molecule has 1 N–H and O–H groups in total. The van der Waals surface area contributed by atoms with Crippen LogP contribution in [0.15, 0.2) is 12.1 Å². The Balaban J connectivity index is 2.40. The van der Waals surface area contributed by atoms with Crippen molar-refractivity contribution in [3.05, 3.63) is 29.0 Å². The standard InChI is InChI=1S/C16H19NO3/c1-9-7-11-14-10(16(18)19)5-4-6-12(14)17(2)15(11)13(8-9)20-3/h7-8,10H,4-6H2,1-3H3,(H,18,19). The summed E-state index contributed by atoms with van der Waals surface area (Å²) in [5.41, 5.74) is 4.24. The lowest BCUT2D eigenvalue weighted by Gasteiger charge is -2.20. The number of rotatable bonds is 2. The summed E-state index contributed by atoms with van der Waals surface area (Å²) in [6, 6.07) is 4.08. The zero-order valence-corrected chi connectivity index (χ0v) is 12.1. The molecule has 2 aromatic rings. The van der Waals surface area contributed by atoms with Gasteiger partial charge < -0.3 is 14.4 Å². The number of methoxy groups -OCH3 is 1. The molecular formula is C16H19NO3. The Morgan fingerprint density at radius 1 is 1.45 bits per heavy atom. The average Bonchev–Trinajstić information content (AvgIpc) is 2.71. The smallest absolute Gasteiger partial charge is 0.311 e. The lowest BCUT2D eigenvalue weighted by atomic mass is 9.85. The molecule has 3 rings (SSSR count). The molecule has 0 radical (unpaired) electrons. The van der Waals surface area contributed by atoms with Crippen molar-refractivity contribution >= 4 is 16.9 Å². The van der Waals surface area contributed by atoms with Crippen molar-refractivity contribution in [2.24, 2.45) is 7.05 Å². The van der Waals surface area contributed by atoms with Crippen LogP contribution in [-0.2, 0) is 18.3 Å². The second-order valence-electron chi connectivity index (χ2n) is 5.57. The zero-order chi connectivity index (χ0) is 14.4. The van der Waals surface area contributed by atoms with E-state index in [4.69, 9.17) is 4.74 Å². The van der Waals surface area contributed by atoms with E-state index in [1.165, 1.54) is 0 Å². The highest BCUT2D eigenvalue weighted by Gasteiger charge is 2.32. The van der Waals surface area contributed by atoms with Crippen LogP contribution in [0.5, 0.6) is 5.75 Å². The van der Waals surface area contributed by atoms with Crippen molar-refractivity contribution in [2.75, 3.05) is 7.11 Å². The van der Waals surface area contributed by atoms with Gasteiger partial charge in [0.25, 0.3) is 0 Å². The third-order valence-electron chi connectivity index (χ3n) is 4.33. The number of aromatic nitrogens is 1. The van der Waals surface area contributed by atoms with Gasteiger partial charge in [0.2, 0.25) is 0 Å². The predicted molar refractivity (Wildman–Crippen MR) is 77.5 cm³/mol. The third-order valence-corrected chi connectivity index (χ3v) is 4.33. The van der Waals surface area contributed by atoms with Crippen molar-refractivity contribution in [2.45, 2.75) is 32.1 Å². The fourth-order valence-electron chi connectivity index (χ4n) is 3.48. The summed E-state index contributed by atoms with van der Waals surface area (Å²) in [7, 11) is 3.66. The quantitative estimate of drug-likeness (QED) is 0.915. The van der Waals surface area contributed by atoms with Crippen LogP contribution in [0.2, 0.25) is 0 Å². The van der Waals surface area contributed by atoms with Gasteiger partial charge in [0.05, 0.1) is 18.5 Å². The molecular weight excluding hydrogens is 254 g/mol. The van der Waals surface area contributed by atoms with Crippen LogP contribution < -0.4 is 4.74 Å². The molecule has 1 atom stereocenters. The molecule has 0 amide bonds. The second-order valence-corrected chi connectivity index (χ2v) is 5.57. The van der Waals surface area contributed by atoms with E-state index in [1.54, 1.807) is 7.11 Å². The highest BCUT2D eigenvalue weighted by Crippen LogP contribution is 2.42. The summed E-state index contributed by atoms with van der Waals surface area (Å²) in [6.45, 7) is 2.01. The molecule has 0 aliphatic heterocycles. The molecule has 1 aromatic heterocycles. The normalized spacial score (nSPS) is 18.1. The van der Waals surface area contributed by atoms with Crippen LogP contribution in [-0.4, -0.2) is 22.8 Å². The van der Waals surface area contributed by atoms with Gasteiger partial charge in [-0.25, -0.2) is 0 Å². The van der Waals surface area contributed by atoms with Gasteiger partial charge in [-0.2, -0.15) is 0 Å². The molecule has 1 aliphatic rings. The lowest BCUT2D eigenvalue weighted by Crippen LogP contribution is -2.18. The van der Waals surface area contributed by atoms with Gasteiger partial charge in [-0.05, 0) is 49.4 Å². The molecule has 0 spiro atoms. The Morgan fingerprint density at radius 2 is 2.20 bits per heavy atom. The number of hydrogen-bond acceptors (Lipinski definition) is 2. The van der Waals surface area contributed by atoms with Crippen molar-refractivity contribution in [1.29, 1.82) is 0 Å². The number of aryl methyl sites for hydroxylation is 2. The molecule has 20 heavy (non-hydrogen) atoms. The molecule has 0 saturated carbocycles. The van der Waals surface area contributed by atoms with Crippen molar-refractivity contribution in [3.8, 4) is 5.75 Å². The monoisotopic (exact) mass is 273 g/mol. The predicted octanol–water partition coefficient (Wildman–Crippen LogP) is 3.00. The molecule has 0 bridgehead atoms. The van der Waals surface area contributed by atoms with Gasteiger partial charge in [-0.1, -0.05) is 0 Å². The Morgan fingerprint density at radius 3 is 2.85 bits per heavy atom. The van der Waals surface area contributed by atoms with Crippen molar-refractivity contribution < 1.29 is 14.6 Å². The molecule has 1 unspecified atom stereocenters. The summed E-state index contributed by atoms with van der Waals surface area (Å²) < 4.78 is 7.60. The summed E-state index contributed by atoms with van der Waals surface area (Å²) in [5.74, 6) is -0.297. The fraction of sp³-hybridized carbons (Fsp3) is 0.438. The van der Waals surface area contributed by atoms with Gasteiger partial charge in [-0.3, -0.25) is 4.79 Å². The first-order chi connectivity index (χ1) is 9.54. The van der Waals surface area contributed by atoms with E-state index >= 15 is 0 Å². The number of nitrogens with zero attached hydrogens (tertiary/aromatic N) is 1. The van der Waals surface area contributed by atoms with Crippen LogP contribution in [0, 0.1) is 6.92 Å². The Labute approximate surface area is 118 Å². The molecule has 4 heteroatoms. The van der Waals surface area contributed by atoms with E-state index in [-0.39, 0.29) is 0 Å². The number of carboxylic acid groups (broad SMARTS) is 1. The van der Waals surface area contributed by atoms with Gasteiger partial charge >= 0.3 is 5.97 Å². The minimum Gasteiger partial charge on any atom is -0.495 e. The highest BCUT2D eigenvalue weighted by atomic mass is 16.5. The van der Waals surface area contributed by atoms with Crippen LogP contribution in [0.1, 0.15) is 35.6 Å². The Kier molecular flexibility index (Phi) is 2.96. The first kappa shape index (κ1) is 13.0. The van der Waals surface area contributed by atoms with E-state index in [2.05, 4.69) is 10.6 Å². The molecule has 0 saturated heterocycles. The first-order valence-corrected chi connectivity index (χ1v) is 6.93. The lowest BCUT2D eigenvalue weighted by molar-refractivity contribution is -0.139.